The summed E-state index contributed by atoms with van der Waals surface area (Å²) in [5.41, 5.74) is 6.64. The lowest BCUT2D eigenvalue weighted by Gasteiger charge is -2.38. The monoisotopic (exact) mass is 700 g/mol. The summed E-state index contributed by atoms with van der Waals surface area (Å²) in [5, 5.41) is 19.5. The predicted octanol–water partition coefficient (Wildman–Crippen LogP) is 7.81. The quantitative estimate of drug-likeness (QED) is 0.233. The molecule has 2 saturated carbocycles. The number of carbonyl (C=O) groups excluding carboxylic acids is 4. The van der Waals surface area contributed by atoms with Crippen LogP contribution in [0.15, 0.2) is 62.8 Å². The molecular formula is C40H36N4O4S2. The van der Waals surface area contributed by atoms with Crippen LogP contribution >= 0.6 is 22.7 Å². The average Bonchev–Trinajstić information content (AvgIpc) is 3.82. The number of nitriles is 2. The van der Waals surface area contributed by atoms with Crippen LogP contribution < -0.4 is 0 Å². The molecule has 2 aromatic heterocycles. The molecule has 0 bridgehead atoms. The van der Waals surface area contributed by atoms with Gasteiger partial charge in [0.25, 0.3) is 23.6 Å². The number of hydrogen-bond donors (Lipinski definition) is 0. The Labute approximate surface area is 299 Å². The number of carbonyl (C=O) groups is 4. The molecule has 8 rings (SSSR count). The van der Waals surface area contributed by atoms with E-state index < -0.39 is 17.7 Å². The van der Waals surface area contributed by atoms with E-state index >= 15 is 0 Å². The Morgan fingerprint density at radius 2 is 1.24 bits per heavy atom. The highest BCUT2D eigenvalue weighted by atomic mass is 32.1. The lowest BCUT2D eigenvalue weighted by Crippen LogP contribution is -2.39. The van der Waals surface area contributed by atoms with Crippen molar-refractivity contribution in [3.05, 3.63) is 78.1 Å². The fraction of sp³-hybridized carbons (Fsp3) is 0.400. The number of rotatable bonds is 2. The number of fused-ring (bicyclic) bond motifs is 7. The van der Waals surface area contributed by atoms with Gasteiger partial charge in [-0.15, -0.1) is 22.7 Å². The van der Waals surface area contributed by atoms with Gasteiger partial charge in [-0.1, -0.05) is 44.6 Å². The van der Waals surface area contributed by atoms with E-state index in [1.165, 1.54) is 57.9 Å². The van der Waals surface area contributed by atoms with Gasteiger partial charge in [0.15, 0.2) is 0 Å². The van der Waals surface area contributed by atoms with Crippen LogP contribution in [0.4, 0.5) is 0 Å². The van der Waals surface area contributed by atoms with Crippen molar-refractivity contribution >= 4 is 67.4 Å². The second-order valence-corrected chi connectivity index (χ2v) is 16.6. The molecule has 2 aromatic rings. The van der Waals surface area contributed by atoms with Crippen LogP contribution in [-0.2, 0) is 24.6 Å². The van der Waals surface area contributed by atoms with Gasteiger partial charge in [0.1, 0.15) is 23.3 Å². The van der Waals surface area contributed by atoms with E-state index in [1.807, 2.05) is 35.6 Å². The molecule has 4 aliphatic carbocycles. The van der Waals surface area contributed by atoms with Gasteiger partial charge >= 0.3 is 0 Å². The molecule has 252 valence electrons. The minimum Gasteiger partial charge on any atom is -0.277 e. The van der Waals surface area contributed by atoms with Gasteiger partial charge in [-0.05, 0) is 91.2 Å². The molecule has 10 heteroatoms. The number of thiophene rings is 2. The highest BCUT2D eigenvalue weighted by Crippen LogP contribution is 2.70. The van der Waals surface area contributed by atoms with E-state index in [9.17, 15) is 29.7 Å². The van der Waals surface area contributed by atoms with Crippen molar-refractivity contribution < 1.29 is 19.2 Å². The van der Waals surface area contributed by atoms with Gasteiger partial charge in [-0.25, -0.2) is 0 Å². The molecule has 0 N–H and O–H groups in total. The fourth-order valence-electron chi connectivity index (χ4n) is 9.45. The maximum atomic E-state index is 13.6. The van der Waals surface area contributed by atoms with E-state index in [0.29, 0.717) is 22.3 Å². The lowest BCUT2D eigenvalue weighted by molar-refractivity contribution is -0.140. The largest absolute Gasteiger partial charge is 0.277 e. The number of likely N-dealkylation sites (N-methyl/N-ethyl adjacent to an activating group) is 2. The first-order valence-corrected chi connectivity index (χ1v) is 19.0. The number of nitrogens with zero attached hydrogens (tertiary/aromatic N) is 4. The van der Waals surface area contributed by atoms with Crippen LogP contribution in [0, 0.1) is 28.1 Å². The van der Waals surface area contributed by atoms with Gasteiger partial charge in [0.2, 0.25) is 0 Å². The average molecular weight is 701 g/mol. The third kappa shape index (κ3) is 4.25. The van der Waals surface area contributed by atoms with Crippen LogP contribution in [0.5, 0.6) is 0 Å². The van der Waals surface area contributed by atoms with Gasteiger partial charge in [-0.3, -0.25) is 29.0 Å². The summed E-state index contributed by atoms with van der Waals surface area (Å²) in [6, 6.07) is 6.19. The van der Waals surface area contributed by atoms with Crippen molar-refractivity contribution in [2.75, 3.05) is 14.1 Å². The van der Waals surface area contributed by atoms with Crippen molar-refractivity contribution in [2.24, 2.45) is 5.41 Å². The number of allylic oxidation sites excluding steroid dienone is 5. The van der Waals surface area contributed by atoms with Crippen LogP contribution in [0.2, 0.25) is 0 Å². The normalized spacial score (nSPS) is 24.7. The topological polar surface area (TPSA) is 122 Å². The molecule has 8 nitrogen and oxygen atoms in total. The molecule has 6 aliphatic rings. The van der Waals surface area contributed by atoms with Crippen molar-refractivity contribution in [1.82, 2.24) is 9.80 Å². The third-order valence-electron chi connectivity index (χ3n) is 12.1. The molecular weight excluding hydrogens is 665 g/mol. The zero-order valence-corrected chi connectivity index (χ0v) is 30.3. The molecule has 2 fully saturated rings. The Bertz CT molecular complexity index is 2280. The molecule has 0 unspecified atom stereocenters. The Morgan fingerprint density at radius 3 is 1.78 bits per heavy atom. The maximum Gasteiger partial charge on any atom is 0.271 e. The zero-order chi connectivity index (χ0) is 35.3. The lowest BCUT2D eigenvalue weighted by atomic mass is 9.66. The van der Waals surface area contributed by atoms with Crippen LogP contribution in [0.25, 0.3) is 21.0 Å². The highest BCUT2D eigenvalue weighted by molar-refractivity contribution is 7.29. The Hall–Kier alpha value is -4.64. The number of amides is 4. The van der Waals surface area contributed by atoms with Crippen molar-refractivity contribution in [3.8, 4) is 12.1 Å². The zero-order valence-electron chi connectivity index (χ0n) is 28.6. The van der Waals surface area contributed by atoms with Gasteiger partial charge < -0.3 is 0 Å². The smallest absolute Gasteiger partial charge is 0.271 e. The molecule has 50 heavy (non-hydrogen) atoms. The minimum atomic E-state index is -0.568. The van der Waals surface area contributed by atoms with E-state index in [4.69, 9.17) is 0 Å². The first-order chi connectivity index (χ1) is 24.0. The van der Waals surface area contributed by atoms with E-state index in [0.717, 1.165) is 71.6 Å². The summed E-state index contributed by atoms with van der Waals surface area (Å²) < 4.78 is 2.43. The van der Waals surface area contributed by atoms with Gasteiger partial charge in [0.05, 0.1) is 4.70 Å². The standard InChI is InChI=1S/C40H36N4O4S2/c1-21-25(35(45)43(3)37(47)27(21)19-41)15-23-16-29-31(39(23)11-7-5-8-12-39)34-32(40(29)13-9-6-10-14-40)33-30(50-34)18-24(49-33)17-26-22(2)28(20-42)38(48)44(4)36(26)46/h15-18H,5-14H2,1-4H3/b25-15+,26-17+. The van der Waals surface area contributed by atoms with Crippen molar-refractivity contribution in [3.63, 3.8) is 0 Å². The summed E-state index contributed by atoms with van der Waals surface area (Å²) >= 11 is 3.51. The Kier molecular flexibility index (Phi) is 7.45. The molecule has 4 heterocycles. The van der Waals surface area contributed by atoms with Crippen LogP contribution in [0.1, 0.15) is 93.4 Å². The van der Waals surface area contributed by atoms with Crippen molar-refractivity contribution in [1.29, 1.82) is 10.5 Å². The summed E-state index contributed by atoms with van der Waals surface area (Å²) in [6.45, 7) is 3.39. The Balaban J connectivity index is 1.30. The molecule has 0 radical (unpaired) electrons. The van der Waals surface area contributed by atoms with Crippen molar-refractivity contribution in [2.45, 2.75) is 83.5 Å². The van der Waals surface area contributed by atoms with Gasteiger partial charge in [-0.2, -0.15) is 10.5 Å². The van der Waals surface area contributed by atoms with E-state index in [2.05, 4.69) is 12.1 Å². The van der Waals surface area contributed by atoms with Crippen LogP contribution in [-0.4, -0.2) is 47.5 Å². The summed E-state index contributed by atoms with van der Waals surface area (Å²) in [4.78, 5) is 56.5. The summed E-state index contributed by atoms with van der Waals surface area (Å²) in [7, 11) is 2.87. The molecule has 0 atom stereocenters. The number of hydrogen-bond acceptors (Lipinski definition) is 8. The minimum absolute atomic E-state index is 0.00237. The second-order valence-electron chi connectivity index (χ2n) is 14.5. The van der Waals surface area contributed by atoms with E-state index in [-0.39, 0.29) is 27.9 Å². The molecule has 2 aliphatic heterocycles. The number of imide groups is 2. The highest BCUT2D eigenvalue weighted by Gasteiger charge is 2.56. The molecule has 0 aromatic carbocycles. The van der Waals surface area contributed by atoms with E-state index in [1.54, 1.807) is 25.2 Å². The Morgan fingerprint density at radius 1 is 0.720 bits per heavy atom. The third-order valence-corrected chi connectivity index (χ3v) is 14.5. The summed E-state index contributed by atoms with van der Waals surface area (Å²) in [6.07, 6.45) is 17.1. The second kappa shape index (κ2) is 11.4. The van der Waals surface area contributed by atoms with Gasteiger partial charge in [0, 0.05) is 50.5 Å². The molecule has 0 saturated heterocycles. The molecule has 4 amide bonds. The fourth-order valence-corrected chi connectivity index (χ4v) is 12.4. The predicted molar refractivity (Wildman–Crippen MR) is 193 cm³/mol. The first kappa shape index (κ1) is 32.6. The maximum absolute atomic E-state index is 13.6. The summed E-state index contributed by atoms with van der Waals surface area (Å²) in [5.74, 6) is -1.88. The molecule has 2 spiro atoms. The first-order valence-electron chi connectivity index (χ1n) is 17.3. The SMILES string of the molecule is CC1=C(C#N)C(=O)N(C)C(=O)/C1=C/C1=CC2=C(c3sc4cc(/C=C5/C(=O)N(C)C(=O)C(C#N)=C5C)sc4c3C23CCCCC3)C12CCCCC2. The van der Waals surface area contributed by atoms with Crippen LogP contribution in [0.3, 0.4) is 0 Å².